The largest absolute Gasteiger partial charge is 0.319 e. The molecule has 0 spiro atoms. The fourth-order valence-electron chi connectivity index (χ4n) is 3.40. The molecular formula is C12H26N2. The molecule has 0 saturated heterocycles. The lowest BCUT2D eigenvalue weighted by Crippen LogP contribution is -2.47. The van der Waals surface area contributed by atoms with Crippen molar-refractivity contribution in [1.29, 1.82) is 0 Å². The first-order valence-electron chi connectivity index (χ1n) is 5.73. The van der Waals surface area contributed by atoms with Crippen molar-refractivity contribution < 1.29 is 0 Å². The van der Waals surface area contributed by atoms with Crippen LogP contribution >= 0.6 is 0 Å². The van der Waals surface area contributed by atoms with Gasteiger partial charge in [0.15, 0.2) is 0 Å². The monoisotopic (exact) mass is 198 g/mol. The first-order chi connectivity index (χ1) is 6.41. The third kappa shape index (κ3) is 2.96. The van der Waals surface area contributed by atoms with Crippen molar-refractivity contribution in [1.82, 2.24) is 10.6 Å². The predicted octanol–water partition coefficient (Wildman–Crippen LogP) is 2.01. The second-order valence-corrected chi connectivity index (χ2v) is 6.08. The molecule has 1 aliphatic carbocycles. The molecular weight excluding hydrogens is 172 g/mol. The average molecular weight is 198 g/mol. The maximum Gasteiger partial charge on any atom is 0.00748 e. The minimum Gasteiger partial charge on any atom is -0.319 e. The highest BCUT2D eigenvalue weighted by Gasteiger charge is 2.40. The van der Waals surface area contributed by atoms with Gasteiger partial charge in [0.1, 0.15) is 0 Å². The molecule has 2 atom stereocenters. The van der Waals surface area contributed by atoms with Crippen molar-refractivity contribution in [3.05, 3.63) is 0 Å². The van der Waals surface area contributed by atoms with Crippen LogP contribution in [0.15, 0.2) is 0 Å². The Morgan fingerprint density at radius 2 is 1.79 bits per heavy atom. The first kappa shape index (κ1) is 12.0. The highest BCUT2D eigenvalue weighted by atomic mass is 14.9. The number of rotatable bonds is 3. The van der Waals surface area contributed by atoms with Gasteiger partial charge in [-0.2, -0.15) is 0 Å². The summed E-state index contributed by atoms with van der Waals surface area (Å²) in [6.45, 7) is 8.33. The smallest absolute Gasteiger partial charge is 0.00748 e. The van der Waals surface area contributed by atoms with E-state index in [1.807, 2.05) is 0 Å². The standard InChI is InChI=1S/C12H26N2/c1-11(2)6-10(14-5)7-12(3,8-11)9-13-4/h10,13-14H,6-9H2,1-5H3/t10?,12-/m0/s1. The van der Waals surface area contributed by atoms with Gasteiger partial charge in [0, 0.05) is 12.6 Å². The van der Waals surface area contributed by atoms with Crippen molar-refractivity contribution in [2.45, 2.75) is 46.1 Å². The van der Waals surface area contributed by atoms with E-state index in [1.54, 1.807) is 0 Å². The summed E-state index contributed by atoms with van der Waals surface area (Å²) >= 11 is 0. The van der Waals surface area contributed by atoms with Gasteiger partial charge in [0.05, 0.1) is 0 Å². The molecule has 0 aromatic rings. The fraction of sp³-hybridized carbons (Fsp3) is 1.00. The lowest BCUT2D eigenvalue weighted by Gasteiger charge is -2.46. The summed E-state index contributed by atoms with van der Waals surface area (Å²) in [4.78, 5) is 0. The Morgan fingerprint density at radius 3 is 2.29 bits per heavy atom. The lowest BCUT2D eigenvalue weighted by molar-refractivity contribution is 0.0746. The van der Waals surface area contributed by atoms with E-state index < -0.39 is 0 Å². The van der Waals surface area contributed by atoms with E-state index >= 15 is 0 Å². The zero-order valence-electron chi connectivity index (χ0n) is 10.4. The SMILES string of the molecule is CNC[C@@]1(C)CC(NC)CC(C)(C)C1. The molecule has 1 fully saturated rings. The van der Waals surface area contributed by atoms with Crippen LogP contribution < -0.4 is 10.6 Å². The molecule has 2 nitrogen and oxygen atoms in total. The highest BCUT2D eigenvalue weighted by Crippen LogP contribution is 2.45. The van der Waals surface area contributed by atoms with Gasteiger partial charge in [-0.15, -0.1) is 0 Å². The molecule has 1 rings (SSSR count). The minimum absolute atomic E-state index is 0.462. The summed E-state index contributed by atoms with van der Waals surface area (Å²) in [5.74, 6) is 0. The van der Waals surface area contributed by atoms with Crippen molar-refractivity contribution in [3.8, 4) is 0 Å². The number of hydrogen-bond donors (Lipinski definition) is 2. The topological polar surface area (TPSA) is 24.1 Å². The van der Waals surface area contributed by atoms with E-state index in [4.69, 9.17) is 0 Å². The Labute approximate surface area is 88.8 Å². The summed E-state index contributed by atoms with van der Waals surface area (Å²) in [6.07, 6.45) is 3.94. The van der Waals surface area contributed by atoms with Crippen LogP contribution in [0.2, 0.25) is 0 Å². The van der Waals surface area contributed by atoms with Gasteiger partial charge < -0.3 is 10.6 Å². The zero-order valence-corrected chi connectivity index (χ0v) is 10.4. The van der Waals surface area contributed by atoms with E-state index in [9.17, 15) is 0 Å². The van der Waals surface area contributed by atoms with Crippen molar-refractivity contribution in [2.75, 3.05) is 20.6 Å². The second kappa shape index (κ2) is 4.19. The van der Waals surface area contributed by atoms with Crippen molar-refractivity contribution >= 4 is 0 Å². The molecule has 2 heteroatoms. The third-order valence-corrected chi connectivity index (χ3v) is 3.46. The summed E-state index contributed by atoms with van der Waals surface area (Å²) < 4.78 is 0. The molecule has 1 unspecified atom stereocenters. The molecule has 2 N–H and O–H groups in total. The summed E-state index contributed by atoms with van der Waals surface area (Å²) in [6, 6.07) is 0.692. The molecule has 84 valence electrons. The molecule has 0 amide bonds. The molecule has 0 bridgehead atoms. The van der Waals surface area contributed by atoms with E-state index in [0.717, 1.165) is 6.54 Å². The molecule has 1 saturated carbocycles. The summed E-state index contributed by atoms with van der Waals surface area (Å²) in [7, 11) is 4.15. The Hall–Kier alpha value is -0.0800. The van der Waals surface area contributed by atoms with Crippen LogP contribution in [0.1, 0.15) is 40.0 Å². The fourth-order valence-corrected chi connectivity index (χ4v) is 3.40. The van der Waals surface area contributed by atoms with E-state index in [2.05, 4.69) is 45.5 Å². The maximum atomic E-state index is 3.45. The zero-order chi connectivity index (χ0) is 10.8. The lowest BCUT2D eigenvalue weighted by atomic mass is 9.62. The van der Waals surface area contributed by atoms with Crippen LogP contribution in [0, 0.1) is 10.8 Å². The van der Waals surface area contributed by atoms with Gasteiger partial charge in [-0.05, 0) is 44.2 Å². The van der Waals surface area contributed by atoms with Gasteiger partial charge in [0.2, 0.25) is 0 Å². The maximum absolute atomic E-state index is 3.45. The van der Waals surface area contributed by atoms with Gasteiger partial charge >= 0.3 is 0 Å². The third-order valence-electron chi connectivity index (χ3n) is 3.46. The van der Waals surface area contributed by atoms with Gasteiger partial charge in [0.25, 0.3) is 0 Å². The van der Waals surface area contributed by atoms with Crippen LogP contribution in [-0.2, 0) is 0 Å². The molecule has 0 radical (unpaired) electrons. The highest BCUT2D eigenvalue weighted by molar-refractivity contribution is 4.94. The van der Waals surface area contributed by atoms with E-state index in [1.165, 1.54) is 19.3 Å². The minimum atomic E-state index is 0.462. The van der Waals surface area contributed by atoms with Gasteiger partial charge in [-0.1, -0.05) is 20.8 Å². The first-order valence-corrected chi connectivity index (χ1v) is 5.73. The quantitative estimate of drug-likeness (QED) is 0.725. The van der Waals surface area contributed by atoms with Crippen LogP contribution in [0.5, 0.6) is 0 Å². The number of nitrogens with one attached hydrogen (secondary N) is 2. The second-order valence-electron chi connectivity index (χ2n) is 6.08. The molecule has 0 aromatic heterocycles. The Morgan fingerprint density at radius 1 is 1.14 bits per heavy atom. The Kier molecular flexibility index (Phi) is 3.59. The predicted molar refractivity (Wildman–Crippen MR) is 62.5 cm³/mol. The molecule has 0 aliphatic heterocycles. The average Bonchev–Trinajstić information content (AvgIpc) is 2.00. The van der Waals surface area contributed by atoms with Crippen LogP contribution in [0.4, 0.5) is 0 Å². The van der Waals surface area contributed by atoms with Crippen LogP contribution in [-0.4, -0.2) is 26.7 Å². The van der Waals surface area contributed by atoms with Crippen LogP contribution in [0.3, 0.4) is 0 Å². The molecule has 0 heterocycles. The van der Waals surface area contributed by atoms with Gasteiger partial charge in [-0.3, -0.25) is 0 Å². The Balaban J connectivity index is 2.69. The van der Waals surface area contributed by atoms with Gasteiger partial charge in [-0.25, -0.2) is 0 Å². The summed E-state index contributed by atoms with van der Waals surface area (Å²) in [5, 5.41) is 6.78. The molecule has 0 aromatic carbocycles. The van der Waals surface area contributed by atoms with Crippen molar-refractivity contribution in [2.24, 2.45) is 10.8 Å². The number of hydrogen-bond acceptors (Lipinski definition) is 2. The van der Waals surface area contributed by atoms with E-state index in [0.29, 0.717) is 16.9 Å². The summed E-state index contributed by atoms with van der Waals surface area (Å²) in [5.41, 5.74) is 0.946. The normalized spacial score (nSPS) is 37.1. The van der Waals surface area contributed by atoms with Crippen molar-refractivity contribution in [3.63, 3.8) is 0 Å². The Bertz CT molecular complexity index is 189. The molecule has 14 heavy (non-hydrogen) atoms. The van der Waals surface area contributed by atoms with E-state index in [-0.39, 0.29) is 0 Å². The molecule has 1 aliphatic rings. The van der Waals surface area contributed by atoms with Crippen LogP contribution in [0.25, 0.3) is 0 Å².